The summed E-state index contributed by atoms with van der Waals surface area (Å²) >= 11 is 0. The Morgan fingerprint density at radius 2 is 1.87 bits per heavy atom. The first-order valence-electron chi connectivity index (χ1n) is 10.6. The average Bonchev–Trinajstić information content (AvgIpc) is 3.52. The van der Waals surface area contributed by atoms with E-state index in [1.54, 1.807) is 18.3 Å². The largest absolute Gasteiger partial charge is 0.366 e. The van der Waals surface area contributed by atoms with Gasteiger partial charge in [-0.3, -0.25) is 9.48 Å². The number of hydrogen-bond acceptors (Lipinski definition) is 3. The highest BCUT2D eigenvalue weighted by atomic mass is 16.1. The molecule has 2 heterocycles. The first kappa shape index (κ1) is 18.6. The summed E-state index contributed by atoms with van der Waals surface area (Å²) in [6, 6.07) is 16.3. The molecule has 6 nitrogen and oxygen atoms in total. The second kappa shape index (κ2) is 7.44. The van der Waals surface area contributed by atoms with Crippen LogP contribution in [0.2, 0.25) is 0 Å². The highest BCUT2D eigenvalue weighted by molar-refractivity contribution is 5.93. The van der Waals surface area contributed by atoms with Gasteiger partial charge in [-0.05, 0) is 55.7 Å². The van der Waals surface area contributed by atoms with Crippen molar-refractivity contribution in [2.45, 2.75) is 45.1 Å². The van der Waals surface area contributed by atoms with E-state index in [1.807, 2.05) is 22.9 Å². The van der Waals surface area contributed by atoms with Crippen molar-refractivity contribution >= 4 is 16.8 Å². The molecular formula is C24H25N5O. The molecule has 0 spiro atoms. The average molecular weight is 399 g/mol. The summed E-state index contributed by atoms with van der Waals surface area (Å²) < 4.78 is 4.15. The van der Waals surface area contributed by atoms with Gasteiger partial charge in [-0.2, -0.15) is 10.2 Å². The zero-order chi connectivity index (χ0) is 20.7. The van der Waals surface area contributed by atoms with Crippen LogP contribution in [0.15, 0.2) is 54.7 Å². The van der Waals surface area contributed by atoms with Crippen molar-refractivity contribution in [1.82, 2.24) is 19.6 Å². The molecule has 0 atom stereocenters. The zero-order valence-electron chi connectivity index (χ0n) is 17.1. The lowest BCUT2D eigenvalue weighted by atomic mass is 10.1. The van der Waals surface area contributed by atoms with E-state index in [9.17, 15) is 4.79 Å². The predicted molar refractivity (Wildman–Crippen MR) is 118 cm³/mol. The number of aryl methyl sites for hydroxylation is 1. The van der Waals surface area contributed by atoms with Crippen LogP contribution >= 0.6 is 0 Å². The second-order valence-corrected chi connectivity index (χ2v) is 7.95. The lowest BCUT2D eigenvalue weighted by Crippen LogP contribution is -2.10. The third kappa shape index (κ3) is 3.09. The van der Waals surface area contributed by atoms with Gasteiger partial charge in [0.15, 0.2) is 0 Å². The minimum absolute atomic E-state index is 0.431. The zero-order valence-corrected chi connectivity index (χ0v) is 17.1. The van der Waals surface area contributed by atoms with Crippen LogP contribution in [0, 0.1) is 0 Å². The molecule has 1 fully saturated rings. The summed E-state index contributed by atoms with van der Waals surface area (Å²) in [5.41, 5.74) is 11.2. The van der Waals surface area contributed by atoms with Crippen LogP contribution in [0.5, 0.6) is 0 Å². The van der Waals surface area contributed by atoms with Gasteiger partial charge in [-0.15, -0.1) is 0 Å². The standard InChI is InChI=1S/C24H25N5O/c1-2-21-20-12-9-17(15-23(20)29(27-21)18-5-3-4-6-18)22-13-14-26-28(22)19-10-7-16(8-11-19)24(25)30/h7-15,18H,2-6H2,1H3,(H2,25,30). The molecular weight excluding hydrogens is 374 g/mol. The van der Waals surface area contributed by atoms with E-state index in [0.717, 1.165) is 23.4 Å². The van der Waals surface area contributed by atoms with Gasteiger partial charge >= 0.3 is 0 Å². The smallest absolute Gasteiger partial charge is 0.248 e. The highest BCUT2D eigenvalue weighted by Gasteiger charge is 2.22. The Morgan fingerprint density at radius 1 is 1.10 bits per heavy atom. The molecule has 0 saturated heterocycles. The Labute approximate surface area is 175 Å². The van der Waals surface area contributed by atoms with Gasteiger partial charge in [-0.1, -0.05) is 31.9 Å². The molecule has 2 N–H and O–H groups in total. The van der Waals surface area contributed by atoms with E-state index in [4.69, 9.17) is 10.8 Å². The van der Waals surface area contributed by atoms with Gasteiger partial charge in [0.05, 0.1) is 34.8 Å². The van der Waals surface area contributed by atoms with E-state index in [1.165, 1.54) is 42.3 Å². The number of primary amides is 1. The minimum Gasteiger partial charge on any atom is -0.366 e. The van der Waals surface area contributed by atoms with Crippen molar-refractivity contribution in [1.29, 1.82) is 0 Å². The highest BCUT2D eigenvalue weighted by Crippen LogP contribution is 2.35. The van der Waals surface area contributed by atoms with Crippen LogP contribution in [0.3, 0.4) is 0 Å². The van der Waals surface area contributed by atoms with E-state index in [0.29, 0.717) is 11.6 Å². The Bertz CT molecular complexity index is 1210. The third-order valence-electron chi connectivity index (χ3n) is 6.12. The number of carbonyl (C=O) groups excluding carboxylic acids is 1. The molecule has 0 aliphatic heterocycles. The molecule has 0 unspecified atom stereocenters. The van der Waals surface area contributed by atoms with Gasteiger partial charge in [0.25, 0.3) is 0 Å². The molecule has 0 bridgehead atoms. The molecule has 6 heteroatoms. The Hall–Kier alpha value is -3.41. The fourth-order valence-corrected chi connectivity index (χ4v) is 4.55. The Kier molecular flexibility index (Phi) is 4.62. The first-order chi connectivity index (χ1) is 14.7. The van der Waals surface area contributed by atoms with Crippen LogP contribution in [0.4, 0.5) is 0 Å². The molecule has 1 aliphatic carbocycles. The van der Waals surface area contributed by atoms with Gasteiger partial charge < -0.3 is 5.73 Å². The van der Waals surface area contributed by atoms with Crippen molar-refractivity contribution in [2.24, 2.45) is 5.73 Å². The maximum absolute atomic E-state index is 11.4. The summed E-state index contributed by atoms with van der Waals surface area (Å²) in [4.78, 5) is 11.4. The number of benzene rings is 2. The molecule has 0 radical (unpaired) electrons. The first-order valence-corrected chi connectivity index (χ1v) is 10.6. The maximum Gasteiger partial charge on any atom is 0.248 e. The summed E-state index contributed by atoms with van der Waals surface area (Å²) in [5, 5.41) is 10.7. The van der Waals surface area contributed by atoms with Crippen LogP contribution in [0.1, 0.15) is 54.7 Å². The molecule has 1 saturated carbocycles. The second-order valence-electron chi connectivity index (χ2n) is 7.95. The molecule has 4 aromatic rings. The molecule has 30 heavy (non-hydrogen) atoms. The summed E-state index contributed by atoms with van der Waals surface area (Å²) in [6.07, 6.45) is 7.69. The molecule has 1 aliphatic rings. The van der Waals surface area contributed by atoms with E-state index in [-0.39, 0.29) is 0 Å². The van der Waals surface area contributed by atoms with E-state index >= 15 is 0 Å². The molecule has 2 aromatic carbocycles. The third-order valence-corrected chi connectivity index (χ3v) is 6.12. The maximum atomic E-state index is 11.4. The van der Waals surface area contributed by atoms with Crippen molar-refractivity contribution in [3.63, 3.8) is 0 Å². The number of fused-ring (bicyclic) bond motifs is 1. The summed E-state index contributed by atoms with van der Waals surface area (Å²) in [6.45, 7) is 2.17. The molecule has 2 aromatic heterocycles. The van der Waals surface area contributed by atoms with Crippen LogP contribution in [-0.2, 0) is 6.42 Å². The van der Waals surface area contributed by atoms with Crippen LogP contribution < -0.4 is 5.73 Å². The Morgan fingerprint density at radius 3 is 2.57 bits per heavy atom. The van der Waals surface area contributed by atoms with Crippen molar-refractivity contribution in [2.75, 3.05) is 0 Å². The quantitative estimate of drug-likeness (QED) is 0.530. The van der Waals surface area contributed by atoms with Crippen LogP contribution in [-0.4, -0.2) is 25.5 Å². The van der Waals surface area contributed by atoms with Gasteiger partial charge in [0.1, 0.15) is 0 Å². The lowest BCUT2D eigenvalue weighted by Gasteiger charge is -2.12. The fraction of sp³-hybridized carbons (Fsp3) is 0.292. The predicted octanol–water partition coefficient (Wildman–Crippen LogP) is 4.67. The minimum atomic E-state index is -0.431. The number of rotatable bonds is 5. The molecule has 152 valence electrons. The van der Waals surface area contributed by atoms with Gasteiger partial charge in [0.2, 0.25) is 5.91 Å². The summed E-state index contributed by atoms with van der Waals surface area (Å²) in [5.74, 6) is -0.431. The number of hydrogen-bond donors (Lipinski definition) is 1. The van der Waals surface area contributed by atoms with Gasteiger partial charge in [-0.25, -0.2) is 4.68 Å². The lowest BCUT2D eigenvalue weighted by molar-refractivity contribution is 0.100. The van der Waals surface area contributed by atoms with Crippen molar-refractivity contribution in [3.05, 3.63) is 66.0 Å². The molecule has 1 amide bonds. The SMILES string of the molecule is CCc1nn(C2CCCC2)c2cc(-c3ccnn3-c3ccc(C(N)=O)cc3)ccc12. The number of aromatic nitrogens is 4. The number of nitrogens with two attached hydrogens (primary N) is 1. The fourth-order valence-electron chi connectivity index (χ4n) is 4.55. The summed E-state index contributed by atoms with van der Waals surface area (Å²) in [7, 11) is 0. The monoisotopic (exact) mass is 399 g/mol. The number of amides is 1. The van der Waals surface area contributed by atoms with Crippen molar-refractivity contribution < 1.29 is 4.79 Å². The van der Waals surface area contributed by atoms with Crippen LogP contribution in [0.25, 0.3) is 27.8 Å². The van der Waals surface area contributed by atoms with Crippen molar-refractivity contribution in [3.8, 4) is 16.9 Å². The molecule has 5 rings (SSSR count). The topological polar surface area (TPSA) is 78.7 Å². The van der Waals surface area contributed by atoms with Gasteiger partial charge in [0, 0.05) is 16.5 Å². The number of carbonyl (C=O) groups is 1. The number of nitrogens with zero attached hydrogens (tertiary/aromatic N) is 4. The van der Waals surface area contributed by atoms with E-state index < -0.39 is 5.91 Å². The Balaban J connectivity index is 1.60. The van der Waals surface area contributed by atoms with E-state index in [2.05, 4.69) is 34.9 Å². The normalized spacial score (nSPS) is 14.6.